The standard InChI is InChI=1S/C23H24N2O3/c1-5-18-16(4)22(17-8-6-7-9-19(17)24-18)23(27)28-13-21(26)25-20-12-14(2)10-11-15(20)3/h6-12H,5,13H2,1-4H3,(H,25,26). The van der Waals surface area contributed by atoms with Gasteiger partial charge in [-0.3, -0.25) is 9.78 Å². The molecule has 1 N–H and O–H groups in total. The Labute approximate surface area is 164 Å². The number of carbonyl (C=O) groups is 2. The lowest BCUT2D eigenvalue weighted by Crippen LogP contribution is -2.22. The number of para-hydroxylation sites is 1. The van der Waals surface area contributed by atoms with Crippen LogP contribution >= 0.6 is 0 Å². The summed E-state index contributed by atoms with van der Waals surface area (Å²) in [5.41, 5.74) is 5.59. The third-order valence-electron chi connectivity index (χ3n) is 4.78. The number of pyridine rings is 1. The third-order valence-corrected chi connectivity index (χ3v) is 4.78. The molecule has 0 bridgehead atoms. The van der Waals surface area contributed by atoms with Crippen molar-refractivity contribution in [2.24, 2.45) is 0 Å². The lowest BCUT2D eigenvalue weighted by Gasteiger charge is -2.14. The molecule has 28 heavy (non-hydrogen) atoms. The number of anilines is 1. The van der Waals surface area contributed by atoms with Crippen molar-refractivity contribution in [1.82, 2.24) is 4.98 Å². The Balaban J connectivity index is 1.79. The Morgan fingerprint density at radius 2 is 1.82 bits per heavy atom. The molecular weight excluding hydrogens is 352 g/mol. The average Bonchev–Trinajstić information content (AvgIpc) is 2.68. The van der Waals surface area contributed by atoms with Crippen LogP contribution < -0.4 is 5.32 Å². The molecule has 1 amide bonds. The smallest absolute Gasteiger partial charge is 0.339 e. The lowest BCUT2D eigenvalue weighted by molar-refractivity contribution is -0.119. The molecule has 0 saturated heterocycles. The maximum absolute atomic E-state index is 12.8. The number of aryl methyl sites for hydroxylation is 3. The fraction of sp³-hybridized carbons (Fsp3) is 0.261. The van der Waals surface area contributed by atoms with Gasteiger partial charge in [-0.1, -0.05) is 37.3 Å². The van der Waals surface area contributed by atoms with Crippen LogP contribution in [-0.2, 0) is 16.0 Å². The van der Waals surface area contributed by atoms with E-state index >= 15 is 0 Å². The van der Waals surface area contributed by atoms with Gasteiger partial charge in [-0.05, 0) is 56.0 Å². The number of aromatic nitrogens is 1. The zero-order valence-electron chi connectivity index (χ0n) is 16.6. The zero-order chi connectivity index (χ0) is 20.3. The topological polar surface area (TPSA) is 68.3 Å². The summed E-state index contributed by atoms with van der Waals surface area (Å²) in [7, 11) is 0. The molecule has 1 aromatic heterocycles. The van der Waals surface area contributed by atoms with Crippen molar-refractivity contribution in [3.63, 3.8) is 0 Å². The molecule has 0 fully saturated rings. The molecule has 0 aliphatic carbocycles. The van der Waals surface area contributed by atoms with Gasteiger partial charge in [0.15, 0.2) is 6.61 Å². The van der Waals surface area contributed by atoms with Gasteiger partial charge in [-0.25, -0.2) is 4.79 Å². The molecule has 0 unspecified atom stereocenters. The van der Waals surface area contributed by atoms with Crippen LogP contribution in [0.3, 0.4) is 0 Å². The molecule has 1 heterocycles. The van der Waals surface area contributed by atoms with Crippen molar-refractivity contribution in [2.45, 2.75) is 34.1 Å². The number of amides is 1. The Hall–Kier alpha value is -3.21. The second kappa shape index (κ2) is 8.21. The van der Waals surface area contributed by atoms with E-state index in [1.165, 1.54) is 0 Å². The highest BCUT2D eigenvalue weighted by molar-refractivity contribution is 6.06. The van der Waals surface area contributed by atoms with Crippen molar-refractivity contribution in [2.75, 3.05) is 11.9 Å². The number of hydrogen-bond acceptors (Lipinski definition) is 4. The van der Waals surface area contributed by atoms with E-state index in [4.69, 9.17) is 4.74 Å². The summed E-state index contributed by atoms with van der Waals surface area (Å²) in [6, 6.07) is 13.3. The molecule has 2 aromatic carbocycles. The molecule has 0 atom stereocenters. The van der Waals surface area contributed by atoms with Crippen molar-refractivity contribution in [1.29, 1.82) is 0 Å². The van der Waals surface area contributed by atoms with Crippen LogP contribution in [0.25, 0.3) is 10.9 Å². The average molecular weight is 376 g/mol. The summed E-state index contributed by atoms with van der Waals surface area (Å²) in [4.78, 5) is 29.7. The molecule has 3 rings (SSSR count). The maximum atomic E-state index is 12.8. The van der Waals surface area contributed by atoms with Gasteiger partial charge in [0.05, 0.1) is 11.1 Å². The van der Waals surface area contributed by atoms with Crippen LogP contribution in [0.1, 0.15) is 39.7 Å². The van der Waals surface area contributed by atoms with E-state index in [-0.39, 0.29) is 12.5 Å². The number of fused-ring (bicyclic) bond motifs is 1. The molecule has 0 saturated carbocycles. The Bertz CT molecular complexity index is 1060. The van der Waals surface area contributed by atoms with Crippen LogP contribution in [0, 0.1) is 20.8 Å². The number of nitrogens with zero attached hydrogens (tertiary/aromatic N) is 1. The highest BCUT2D eigenvalue weighted by Crippen LogP contribution is 2.24. The van der Waals surface area contributed by atoms with Crippen molar-refractivity contribution >= 4 is 28.5 Å². The molecule has 0 aliphatic heterocycles. The van der Waals surface area contributed by atoms with E-state index < -0.39 is 5.97 Å². The molecule has 5 nitrogen and oxygen atoms in total. The zero-order valence-corrected chi connectivity index (χ0v) is 16.6. The summed E-state index contributed by atoms with van der Waals surface area (Å²) >= 11 is 0. The van der Waals surface area contributed by atoms with Crippen molar-refractivity contribution in [3.8, 4) is 0 Å². The van der Waals surface area contributed by atoms with E-state index in [1.807, 2.05) is 70.2 Å². The van der Waals surface area contributed by atoms with Crippen LogP contribution in [0.4, 0.5) is 5.69 Å². The van der Waals surface area contributed by atoms with Crippen LogP contribution in [0.2, 0.25) is 0 Å². The number of benzene rings is 2. The third kappa shape index (κ3) is 4.03. The number of carbonyl (C=O) groups excluding carboxylic acids is 2. The first-order valence-electron chi connectivity index (χ1n) is 9.33. The van der Waals surface area contributed by atoms with Crippen LogP contribution in [0.5, 0.6) is 0 Å². The minimum absolute atomic E-state index is 0.343. The first kappa shape index (κ1) is 19.5. The van der Waals surface area contributed by atoms with Gasteiger partial charge in [0.25, 0.3) is 5.91 Å². The molecule has 0 aliphatic rings. The van der Waals surface area contributed by atoms with Gasteiger partial charge in [0, 0.05) is 16.8 Å². The van der Waals surface area contributed by atoms with Gasteiger partial charge in [-0.15, -0.1) is 0 Å². The predicted octanol–water partition coefficient (Wildman–Crippen LogP) is 4.52. The second-order valence-corrected chi connectivity index (χ2v) is 6.87. The molecule has 0 radical (unpaired) electrons. The largest absolute Gasteiger partial charge is 0.452 e. The highest BCUT2D eigenvalue weighted by atomic mass is 16.5. The van der Waals surface area contributed by atoms with E-state index in [2.05, 4.69) is 10.3 Å². The Morgan fingerprint density at radius 1 is 1.07 bits per heavy atom. The normalized spacial score (nSPS) is 10.7. The highest BCUT2D eigenvalue weighted by Gasteiger charge is 2.19. The van der Waals surface area contributed by atoms with Crippen LogP contribution in [-0.4, -0.2) is 23.5 Å². The predicted molar refractivity (Wildman–Crippen MR) is 111 cm³/mol. The minimum atomic E-state index is -0.512. The number of nitrogens with one attached hydrogen (secondary N) is 1. The maximum Gasteiger partial charge on any atom is 0.339 e. The molecule has 0 spiro atoms. The number of rotatable bonds is 5. The summed E-state index contributed by atoms with van der Waals surface area (Å²) in [5, 5.41) is 3.54. The Morgan fingerprint density at radius 3 is 2.57 bits per heavy atom. The van der Waals surface area contributed by atoms with Crippen molar-refractivity contribution < 1.29 is 14.3 Å². The summed E-state index contributed by atoms with van der Waals surface area (Å²) in [6.07, 6.45) is 0.712. The summed E-state index contributed by atoms with van der Waals surface area (Å²) in [6.45, 7) is 7.39. The fourth-order valence-electron chi connectivity index (χ4n) is 3.23. The molecule has 5 heteroatoms. The second-order valence-electron chi connectivity index (χ2n) is 6.87. The fourth-order valence-corrected chi connectivity index (χ4v) is 3.23. The summed E-state index contributed by atoms with van der Waals surface area (Å²) < 4.78 is 5.34. The van der Waals surface area contributed by atoms with E-state index in [0.29, 0.717) is 12.0 Å². The van der Waals surface area contributed by atoms with Gasteiger partial charge < -0.3 is 10.1 Å². The SMILES string of the molecule is CCc1nc2ccccc2c(C(=O)OCC(=O)Nc2cc(C)ccc2C)c1C. The number of ether oxygens (including phenoxy) is 1. The molecular formula is C23H24N2O3. The minimum Gasteiger partial charge on any atom is -0.452 e. The van der Waals surface area contributed by atoms with E-state index in [0.717, 1.165) is 39.0 Å². The van der Waals surface area contributed by atoms with E-state index in [9.17, 15) is 9.59 Å². The first-order chi connectivity index (χ1) is 13.4. The van der Waals surface area contributed by atoms with Crippen LogP contribution in [0.15, 0.2) is 42.5 Å². The number of esters is 1. The molecule has 144 valence electrons. The van der Waals surface area contributed by atoms with Gasteiger partial charge in [0.2, 0.25) is 0 Å². The monoisotopic (exact) mass is 376 g/mol. The quantitative estimate of drug-likeness (QED) is 0.665. The Kier molecular flexibility index (Phi) is 5.73. The number of hydrogen-bond donors (Lipinski definition) is 1. The lowest BCUT2D eigenvalue weighted by atomic mass is 10.0. The van der Waals surface area contributed by atoms with Gasteiger partial charge in [0.1, 0.15) is 0 Å². The first-order valence-corrected chi connectivity index (χ1v) is 9.33. The summed E-state index contributed by atoms with van der Waals surface area (Å²) in [5.74, 6) is -0.879. The van der Waals surface area contributed by atoms with Crippen molar-refractivity contribution in [3.05, 3.63) is 70.4 Å². The van der Waals surface area contributed by atoms with Gasteiger partial charge >= 0.3 is 5.97 Å². The molecule has 3 aromatic rings. The van der Waals surface area contributed by atoms with E-state index in [1.54, 1.807) is 0 Å². The van der Waals surface area contributed by atoms with Gasteiger partial charge in [-0.2, -0.15) is 0 Å².